The van der Waals surface area contributed by atoms with Crippen LogP contribution in [0.5, 0.6) is 0 Å². The molecule has 0 bridgehead atoms. The average molecular weight is 419 g/mol. The maximum Gasteiger partial charge on any atom is 0.420 e. The Balaban J connectivity index is 1.59. The Hall–Kier alpha value is -3.07. The van der Waals surface area contributed by atoms with Crippen LogP contribution in [0.1, 0.15) is 23.8 Å². The Bertz CT molecular complexity index is 1130. The van der Waals surface area contributed by atoms with Crippen LogP contribution in [0.25, 0.3) is 21.9 Å². The molecule has 1 aromatic carbocycles. The monoisotopic (exact) mass is 419 g/mol. The number of aryl methyl sites for hydroxylation is 1. The molecule has 1 amide bonds. The second-order valence-electron chi connectivity index (χ2n) is 7.35. The van der Waals surface area contributed by atoms with Gasteiger partial charge in [-0.05, 0) is 48.1 Å². The van der Waals surface area contributed by atoms with E-state index in [1.807, 2.05) is 0 Å². The van der Waals surface area contributed by atoms with Gasteiger partial charge in [0.05, 0.1) is 11.6 Å². The molecule has 2 N–H and O–H groups in total. The smallest absolute Gasteiger partial charge is 0.378 e. The molecule has 0 radical (unpaired) electrons. The van der Waals surface area contributed by atoms with Gasteiger partial charge in [0, 0.05) is 23.3 Å². The van der Waals surface area contributed by atoms with Crippen LogP contribution in [0.15, 0.2) is 42.7 Å². The van der Waals surface area contributed by atoms with Crippen LogP contribution in [0.2, 0.25) is 0 Å². The molecule has 1 aliphatic rings. The first-order valence-electron chi connectivity index (χ1n) is 9.20. The minimum absolute atomic E-state index is 0.231. The molecule has 0 saturated heterocycles. The quantitative estimate of drug-likeness (QED) is 0.611. The SMILES string of the molecule is Cc1cc([C@H](O)C(F)(F)F)ncc1-c1ccc2cc(NC(=O)[C@@H]3C[C@@H]3F)ncc2c1. The van der Waals surface area contributed by atoms with Gasteiger partial charge >= 0.3 is 6.18 Å². The van der Waals surface area contributed by atoms with E-state index in [1.165, 1.54) is 12.3 Å². The summed E-state index contributed by atoms with van der Waals surface area (Å²) in [5.41, 5.74) is 1.41. The van der Waals surface area contributed by atoms with Crippen LogP contribution in [0, 0.1) is 12.8 Å². The second-order valence-corrected chi connectivity index (χ2v) is 7.35. The molecule has 156 valence electrons. The summed E-state index contributed by atoms with van der Waals surface area (Å²) in [6.07, 6.45) is -5.43. The van der Waals surface area contributed by atoms with Gasteiger partial charge in [-0.1, -0.05) is 12.1 Å². The number of amides is 1. The van der Waals surface area contributed by atoms with E-state index < -0.39 is 36.0 Å². The van der Waals surface area contributed by atoms with Crippen molar-refractivity contribution in [3.8, 4) is 11.1 Å². The number of alkyl halides is 4. The number of aliphatic hydroxyl groups excluding tert-OH is 1. The van der Waals surface area contributed by atoms with Gasteiger partial charge in [-0.2, -0.15) is 13.2 Å². The predicted octanol–water partition coefficient (Wildman–Crippen LogP) is 4.50. The van der Waals surface area contributed by atoms with Crippen LogP contribution < -0.4 is 5.32 Å². The molecule has 30 heavy (non-hydrogen) atoms. The van der Waals surface area contributed by atoms with Crippen molar-refractivity contribution in [2.45, 2.75) is 31.8 Å². The Labute approximate surface area is 168 Å². The minimum Gasteiger partial charge on any atom is -0.378 e. The van der Waals surface area contributed by atoms with Crippen molar-refractivity contribution in [2.24, 2.45) is 5.92 Å². The van der Waals surface area contributed by atoms with Crippen molar-refractivity contribution in [3.05, 3.63) is 54.0 Å². The third-order valence-corrected chi connectivity index (χ3v) is 5.06. The van der Waals surface area contributed by atoms with Gasteiger partial charge in [0.1, 0.15) is 12.0 Å². The van der Waals surface area contributed by atoms with Crippen LogP contribution in [-0.2, 0) is 4.79 Å². The maximum atomic E-state index is 13.0. The topological polar surface area (TPSA) is 75.1 Å². The number of carbonyl (C=O) groups excluding carboxylic acids is 1. The number of carbonyl (C=O) groups is 1. The number of halogens is 4. The molecule has 9 heteroatoms. The van der Waals surface area contributed by atoms with Crippen LogP contribution in [0.3, 0.4) is 0 Å². The Kier molecular flexibility index (Phi) is 4.93. The first-order chi connectivity index (χ1) is 14.1. The van der Waals surface area contributed by atoms with E-state index in [-0.39, 0.29) is 6.42 Å². The first kappa shape index (κ1) is 20.2. The standard InChI is InChI=1S/C21H17F4N3O2/c1-10-4-17(19(29)21(23,24)25)26-9-15(10)12-3-2-11-6-18(27-8-13(11)5-12)28-20(30)14-7-16(14)22/h2-6,8-9,14,16,19,29H,7H2,1H3,(H,27,28,30)/t14-,16+,19+/m1/s1. The molecule has 1 saturated carbocycles. The van der Waals surface area contributed by atoms with E-state index in [1.54, 1.807) is 37.4 Å². The summed E-state index contributed by atoms with van der Waals surface area (Å²) in [6, 6.07) is 8.24. The Morgan fingerprint density at radius 1 is 1.17 bits per heavy atom. The highest BCUT2D eigenvalue weighted by Crippen LogP contribution is 2.35. The normalized spacial score (nSPS) is 19.5. The molecular formula is C21H17F4N3O2. The third kappa shape index (κ3) is 3.97. The van der Waals surface area contributed by atoms with Crippen LogP contribution in [0.4, 0.5) is 23.4 Å². The van der Waals surface area contributed by atoms with E-state index in [4.69, 9.17) is 0 Å². The molecule has 0 spiro atoms. The zero-order valence-corrected chi connectivity index (χ0v) is 15.7. The van der Waals surface area contributed by atoms with Crippen molar-refractivity contribution >= 4 is 22.5 Å². The highest BCUT2D eigenvalue weighted by molar-refractivity contribution is 5.96. The number of benzene rings is 1. The van der Waals surface area contributed by atoms with Crippen molar-refractivity contribution in [2.75, 3.05) is 5.32 Å². The number of nitrogens with one attached hydrogen (secondary N) is 1. The summed E-state index contributed by atoms with van der Waals surface area (Å²) in [4.78, 5) is 19.8. The predicted molar refractivity (Wildman–Crippen MR) is 102 cm³/mol. The van der Waals surface area contributed by atoms with Crippen molar-refractivity contribution in [1.82, 2.24) is 9.97 Å². The Morgan fingerprint density at radius 2 is 1.90 bits per heavy atom. The number of hydrogen-bond acceptors (Lipinski definition) is 4. The molecule has 2 heterocycles. The van der Waals surface area contributed by atoms with E-state index in [0.717, 1.165) is 16.3 Å². The van der Waals surface area contributed by atoms with Crippen molar-refractivity contribution in [3.63, 3.8) is 0 Å². The van der Waals surface area contributed by atoms with Gasteiger partial charge < -0.3 is 10.4 Å². The fourth-order valence-electron chi connectivity index (χ4n) is 3.23. The number of nitrogens with zero attached hydrogens (tertiary/aromatic N) is 2. The molecule has 1 aliphatic carbocycles. The summed E-state index contributed by atoms with van der Waals surface area (Å²) >= 11 is 0. The van der Waals surface area contributed by atoms with Gasteiger partial charge in [0.2, 0.25) is 5.91 Å². The number of aliphatic hydroxyl groups is 1. The fraction of sp³-hybridized carbons (Fsp3) is 0.286. The number of rotatable bonds is 4. The number of hydrogen-bond donors (Lipinski definition) is 2. The van der Waals surface area contributed by atoms with E-state index in [2.05, 4.69) is 15.3 Å². The summed E-state index contributed by atoms with van der Waals surface area (Å²) in [5, 5.41) is 13.5. The summed E-state index contributed by atoms with van der Waals surface area (Å²) in [6.45, 7) is 1.64. The average Bonchev–Trinajstić information content (AvgIpc) is 3.43. The fourth-order valence-corrected chi connectivity index (χ4v) is 3.23. The van der Waals surface area contributed by atoms with Gasteiger partial charge in [-0.25, -0.2) is 9.37 Å². The molecule has 0 unspecified atom stereocenters. The highest BCUT2D eigenvalue weighted by atomic mass is 19.4. The second kappa shape index (κ2) is 7.32. The molecule has 3 atom stereocenters. The maximum absolute atomic E-state index is 13.0. The first-order valence-corrected chi connectivity index (χ1v) is 9.20. The third-order valence-electron chi connectivity index (χ3n) is 5.06. The molecule has 4 rings (SSSR count). The molecule has 1 fully saturated rings. The number of pyridine rings is 2. The summed E-state index contributed by atoms with van der Waals surface area (Å²) in [7, 11) is 0. The number of fused-ring (bicyclic) bond motifs is 1. The van der Waals surface area contributed by atoms with Gasteiger partial charge in [-0.3, -0.25) is 9.78 Å². The van der Waals surface area contributed by atoms with E-state index >= 15 is 0 Å². The van der Waals surface area contributed by atoms with Gasteiger partial charge in [0.25, 0.3) is 0 Å². The lowest BCUT2D eigenvalue weighted by Crippen LogP contribution is -2.21. The van der Waals surface area contributed by atoms with Crippen molar-refractivity contribution in [1.29, 1.82) is 0 Å². The van der Waals surface area contributed by atoms with Crippen LogP contribution >= 0.6 is 0 Å². The Morgan fingerprint density at radius 3 is 2.53 bits per heavy atom. The lowest BCUT2D eigenvalue weighted by atomic mass is 9.99. The number of aromatic nitrogens is 2. The molecule has 0 aliphatic heterocycles. The van der Waals surface area contributed by atoms with E-state index in [9.17, 15) is 27.5 Å². The highest BCUT2D eigenvalue weighted by Gasteiger charge is 2.43. The zero-order valence-electron chi connectivity index (χ0n) is 15.7. The largest absolute Gasteiger partial charge is 0.420 e. The van der Waals surface area contributed by atoms with Crippen molar-refractivity contribution < 1.29 is 27.5 Å². The molecule has 2 aromatic heterocycles. The van der Waals surface area contributed by atoms with Gasteiger partial charge in [0.15, 0.2) is 6.10 Å². The van der Waals surface area contributed by atoms with E-state index in [0.29, 0.717) is 16.9 Å². The molecular weight excluding hydrogens is 402 g/mol. The lowest BCUT2D eigenvalue weighted by molar-refractivity contribution is -0.207. The van der Waals surface area contributed by atoms with Crippen LogP contribution in [-0.4, -0.2) is 33.3 Å². The molecule has 5 nitrogen and oxygen atoms in total. The molecule has 3 aromatic rings. The zero-order chi connectivity index (χ0) is 21.6. The lowest BCUT2D eigenvalue weighted by Gasteiger charge is -2.15. The minimum atomic E-state index is -4.78. The summed E-state index contributed by atoms with van der Waals surface area (Å²) in [5.74, 6) is -0.685. The summed E-state index contributed by atoms with van der Waals surface area (Å²) < 4.78 is 51.1. The number of anilines is 1. The van der Waals surface area contributed by atoms with Gasteiger partial charge in [-0.15, -0.1) is 0 Å².